The van der Waals surface area contributed by atoms with Gasteiger partial charge >= 0.3 is 0 Å². The van der Waals surface area contributed by atoms with Gasteiger partial charge in [-0.2, -0.15) is 0 Å². The molecule has 0 saturated heterocycles. The summed E-state index contributed by atoms with van der Waals surface area (Å²) in [6.45, 7) is 0.430. The van der Waals surface area contributed by atoms with E-state index >= 15 is 0 Å². The first-order chi connectivity index (χ1) is 21.4. The second-order valence-electron chi connectivity index (χ2n) is 10.5. The summed E-state index contributed by atoms with van der Waals surface area (Å²) >= 11 is 0. The molecule has 5 aromatic rings. The van der Waals surface area contributed by atoms with E-state index in [2.05, 4.69) is 0 Å². The van der Waals surface area contributed by atoms with Gasteiger partial charge in [-0.25, -0.2) is 0 Å². The molecule has 0 aromatic heterocycles. The van der Waals surface area contributed by atoms with Crippen LogP contribution >= 0.6 is 0 Å². The molecule has 6 rings (SSSR count). The van der Waals surface area contributed by atoms with Crippen LogP contribution in [0.1, 0.15) is 31.8 Å². The van der Waals surface area contributed by atoms with Gasteiger partial charge in [-0.3, -0.25) is 9.59 Å². The standard InChI is InChI=1S/C36H32N2O6/c1-41-28-14-12-21(16-30(28)43-3)19-38(20-22-13-15-29(42-2)31(17-22)44-4)36(40)34-27(35(37)39)18-23-8-7-11-25-24-9-5-6-10-26(24)33(34)32(23)25/h5-18H,19-20H2,1-4H3,(H2,37,39). The number of rotatable bonds is 10. The number of carbonyl (C=O) groups is 2. The van der Waals surface area contributed by atoms with Crippen molar-refractivity contribution in [3.63, 3.8) is 0 Å². The first-order valence-electron chi connectivity index (χ1n) is 14.1. The van der Waals surface area contributed by atoms with Gasteiger partial charge < -0.3 is 29.6 Å². The molecule has 0 saturated carbocycles. The minimum absolute atomic E-state index is 0.177. The van der Waals surface area contributed by atoms with Crippen molar-refractivity contribution in [1.82, 2.24) is 4.90 Å². The predicted octanol–water partition coefficient (Wildman–Crippen LogP) is 6.46. The molecule has 0 radical (unpaired) electrons. The number of amides is 2. The third-order valence-electron chi connectivity index (χ3n) is 8.06. The van der Waals surface area contributed by atoms with Crippen LogP contribution in [0.25, 0.3) is 33.0 Å². The van der Waals surface area contributed by atoms with Crippen LogP contribution in [-0.2, 0) is 13.1 Å². The monoisotopic (exact) mass is 588 g/mol. The Balaban J connectivity index is 1.54. The highest BCUT2D eigenvalue weighted by Gasteiger charge is 2.32. The molecular weight excluding hydrogens is 556 g/mol. The van der Waals surface area contributed by atoms with E-state index in [0.29, 0.717) is 23.0 Å². The Bertz CT molecular complexity index is 1880. The van der Waals surface area contributed by atoms with E-state index in [9.17, 15) is 9.59 Å². The lowest BCUT2D eigenvalue weighted by Gasteiger charge is -2.26. The molecule has 44 heavy (non-hydrogen) atoms. The van der Waals surface area contributed by atoms with Crippen LogP contribution in [0, 0.1) is 0 Å². The van der Waals surface area contributed by atoms with Gasteiger partial charge in [0.15, 0.2) is 23.0 Å². The minimum Gasteiger partial charge on any atom is -0.493 e. The second kappa shape index (κ2) is 11.6. The molecule has 0 heterocycles. The van der Waals surface area contributed by atoms with Gasteiger partial charge in [0, 0.05) is 18.7 Å². The van der Waals surface area contributed by atoms with E-state index in [0.717, 1.165) is 44.2 Å². The zero-order valence-corrected chi connectivity index (χ0v) is 25.0. The fraction of sp³-hybridized carbons (Fsp3) is 0.167. The van der Waals surface area contributed by atoms with E-state index < -0.39 is 5.91 Å². The van der Waals surface area contributed by atoms with Crippen LogP contribution < -0.4 is 24.7 Å². The minimum atomic E-state index is -0.668. The number of methoxy groups -OCH3 is 4. The first kappa shape index (κ1) is 28.6. The van der Waals surface area contributed by atoms with E-state index in [1.54, 1.807) is 51.5 Å². The van der Waals surface area contributed by atoms with Crippen molar-refractivity contribution in [2.75, 3.05) is 28.4 Å². The van der Waals surface area contributed by atoms with Crippen LogP contribution in [0.4, 0.5) is 0 Å². The predicted molar refractivity (Wildman–Crippen MR) is 170 cm³/mol. The summed E-state index contributed by atoms with van der Waals surface area (Å²) in [5.74, 6) is 1.26. The molecular formula is C36H32N2O6. The molecule has 5 aromatic carbocycles. The summed E-state index contributed by atoms with van der Waals surface area (Å²) in [4.78, 5) is 29.6. The van der Waals surface area contributed by atoms with Crippen LogP contribution in [0.5, 0.6) is 23.0 Å². The highest BCUT2D eigenvalue weighted by Crippen LogP contribution is 2.50. The number of benzene rings is 5. The van der Waals surface area contributed by atoms with Gasteiger partial charge in [0.2, 0.25) is 5.91 Å². The highest BCUT2D eigenvalue weighted by molar-refractivity contribution is 6.24. The van der Waals surface area contributed by atoms with Crippen LogP contribution in [0.15, 0.2) is 84.9 Å². The number of ether oxygens (including phenoxy) is 4. The molecule has 0 fully saturated rings. The average molecular weight is 589 g/mol. The molecule has 222 valence electrons. The molecule has 2 amide bonds. The van der Waals surface area contributed by atoms with Crippen LogP contribution in [0.2, 0.25) is 0 Å². The summed E-state index contributed by atoms with van der Waals surface area (Å²) in [6.07, 6.45) is 0. The van der Waals surface area contributed by atoms with Crippen LogP contribution in [-0.4, -0.2) is 45.2 Å². The smallest absolute Gasteiger partial charge is 0.255 e. The zero-order chi connectivity index (χ0) is 31.0. The van der Waals surface area contributed by atoms with E-state index in [4.69, 9.17) is 24.7 Å². The molecule has 8 nitrogen and oxygen atoms in total. The maximum Gasteiger partial charge on any atom is 0.255 e. The third kappa shape index (κ3) is 4.84. The lowest BCUT2D eigenvalue weighted by atomic mass is 9.91. The van der Waals surface area contributed by atoms with Crippen LogP contribution in [0.3, 0.4) is 0 Å². The Morgan fingerprint density at radius 2 is 1.18 bits per heavy atom. The molecule has 0 atom stereocenters. The van der Waals surface area contributed by atoms with Gasteiger partial charge in [0.25, 0.3) is 5.91 Å². The third-order valence-corrected chi connectivity index (χ3v) is 8.06. The molecule has 0 unspecified atom stereocenters. The van der Waals surface area contributed by atoms with Crippen molar-refractivity contribution in [2.24, 2.45) is 5.73 Å². The molecule has 0 spiro atoms. The molecule has 0 aliphatic heterocycles. The average Bonchev–Trinajstić information content (AvgIpc) is 3.39. The number of carbonyl (C=O) groups excluding carboxylic acids is 2. The second-order valence-corrected chi connectivity index (χ2v) is 10.5. The number of primary amides is 1. The lowest BCUT2D eigenvalue weighted by molar-refractivity contribution is 0.0726. The highest BCUT2D eigenvalue weighted by atomic mass is 16.5. The largest absolute Gasteiger partial charge is 0.493 e. The van der Waals surface area contributed by atoms with E-state index in [1.165, 1.54) is 0 Å². The summed E-state index contributed by atoms with van der Waals surface area (Å²) in [5, 5.41) is 1.78. The number of fused-ring (bicyclic) bond motifs is 3. The fourth-order valence-corrected chi connectivity index (χ4v) is 6.06. The summed E-state index contributed by atoms with van der Waals surface area (Å²) < 4.78 is 21.9. The van der Waals surface area contributed by atoms with Crippen molar-refractivity contribution >= 4 is 22.6 Å². The fourth-order valence-electron chi connectivity index (χ4n) is 6.06. The van der Waals surface area contributed by atoms with Crippen molar-refractivity contribution in [1.29, 1.82) is 0 Å². The molecule has 1 aliphatic rings. The lowest BCUT2D eigenvalue weighted by Crippen LogP contribution is -2.32. The SMILES string of the molecule is COc1ccc(CN(Cc2ccc(OC)c(OC)c2)C(=O)c2c(C(N)=O)cc3cccc4c3c2-c2ccccc2-4)cc1OC. The van der Waals surface area contributed by atoms with Gasteiger partial charge in [-0.1, -0.05) is 54.6 Å². The summed E-state index contributed by atoms with van der Waals surface area (Å²) in [6, 6.07) is 26.7. The Morgan fingerprint density at radius 1 is 0.636 bits per heavy atom. The number of nitrogens with two attached hydrogens (primary N) is 1. The number of nitrogens with zero attached hydrogens (tertiary/aromatic N) is 1. The Hall–Kier alpha value is -5.50. The Labute approximate surface area is 255 Å². The summed E-state index contributed by atoms with van der Waals surface area (Å²) in [5.41, 5.74) is 11.7. The summed E-state index contributed by atoms with van der Waals surface area (Å²) in [7, 11) is 6.29. The van der Waals surface area contributed by atoms with Gasteiger partial charge in [0.1, 0.15) is 0 Å². The Kier molecular flexibility index (Phi) is 7.57. The number of hydrogen-bond acceptors (Lipinski definition) is 6. The quantitative estimate of drug-likeness (QED) is 0.197. The van der Waals surface area contributed by atoms with Crippen molar-refractivity contribution in [3.8, 4) is 45.3 Å². The molecule has 8 heteroatoms. The van der Waals surface area contributed by atoms with Gasteiger partial charge in [-0.15, -0.1) is 0 Å². The van der Waals surface area contributed by atoms with Crippen molar-refractivity contribution in [2.45, 2.75) is 13.1 Å². The van der Waals surface area contributed by atoms with E-state index in [-0.39, 0.29) is 30.1 Å². The molecule has 2 N–H and O–H groups in total. The first-order valence-corrected chi connectivity index (χ1v) is 14.1. The topological polar surface area (TPSA) is 100 Å². The van der Waals surface area contributed by atoms with E-state index in [1.807, 2.05) is 66.7 Å². The normalized spacial score (nSPS) is 11.2. The maximum atomic E-state index is 14.9. The maximum absolute atomic E-state index is 14.9. The van der Waals surface area contributed by atoms with Gasteiger partial charge in [-0.05, 0) is 68.9 Å². The molecule has 1 aliphatic carbocycles. The van der Waals surface area contributed by atoms with Crippen molar-refractivity contribution < 1.29 is 28.5 Å². The number of hydrogen-bond donors (Lipinski definition) is 1. The van der Waals surface area contributed by atoms with Gasteiger partial charge in [0.05, 0.1) is 39.6 Å². The molecule has 0 bridgehead atoms. The van der Waals surface area contributed by atoms with Crippen molar-refractivity contribution in [3.05, 3.63) is 107 Å². The Morgan fingerprint density at radius 3 is 1.73 bits per heavy atom. The zero-order valence-electron chi connectivity index (χ0n) is 25.0.